The van der Waals surface area contributed by atoms with Crippen molar-refractivity contribution in [1.29, 1.82) is 0 Å². The van der Waals surface area contributed by atoms with Gasteiger partial charge in [-0.25, -0.2) is 15.0 Å². The van der Waals surface area contributed by atoms with Crippen molar-refractivity contribution < 1.29 is 4.74 Å². The molecule has 5 heterocycles. The Morgan fingerprint density at radius 1 is 1.19 bits per heavy atom. The first kappa shape index (κ1) is 23.9. The Hall–Kier alpha value is -1.29. The number of ether oxygens (including phenoxy) is 1. The number of likely N-dealkylation sites (tertiary alicyclic amines) is 1. The summed E-state index contributed by atoms with van der Waals surface area (Å²) in [4.78, 5) is 31.5. The molecule has 4 atom stereocenters. The van der Waals surface area contributed by atoms with Crippen molar-refractivity contribution in [3.63, 3.8) is 0 Å². The lowest BCUT2D eigenvalue weighted by molar-refractivity contribution is 0.0835. The summed E-state index contributed by atoms with van der Waals surface area (Å²) in [5.74, 6) is 2.85. The van der Waals surface area contributed by atoms with E-state index in [0.717, 1.165) is 71.0 Å². The molecule has 0 aromatic carbocycles. The number of nitrogens with one attached hydrogen (secondary N) is 1. The van der Waals surface area contributed by atoms with Gasteiger partial charge in [0.2, 0.25) is 0 Å². The molecule has 5 rings (SSSR count). The molecule has 0 aliphatic carbocycles. The van der Waals surface area contributed by atoms with Crippen LogP contribution in [0.3, 0.4) is 0 Å². The number of hydrogen-bond acceptors (Lipinski definition) is 6. The molecule has 8 nitrogen and oxygen atoms in total. The topological polar surface area (TPSA) is 88.4 Å². The molecule has 2 fully saturated rings. The highest BCUT2D eigenvalue weighted by Gasteiger charge is 2.32. The van der Waals surface area contributed by atoms with Gasteiger partial charge in [-0.1, -0.05) is 14.9 Å². The van der Waals surface area contributed by atoms with Gasteiger partial charge in [0.05, 0.1) is 12.7 Å². The number of rotatable bonds is 4. The summed E-state index contributed by atoms with van der Waals surface area (Å²) in [6.45, 7) is 6.32. The number of imidazole rings is 1. The second-order valence-electron chi connectivity index (χ2n) is 8.41. The molecule has 2 aliphatic heterocycles. The lowest BCUT2D eigenvalue weighted by Gasteiger charge is -2.21. The first-order valence-corrected chi connectivity index (χ1v) is 15.5. The number of H-pyrrole nitrogens is 1. The Morgan fingerprint density at radius 2 is 1.91 bits per heavy atom. The molecule has 0 saturated carbocycles. The van der Waals surface area contributed by atoms with E-state index in [1.165, 1.54) is 0 Å². The molecule has 32 heavy (non-hydrogen) atoms. The van der Waals surface area contributed by atoms with Crippen molar-refractivity contribution in [3.8, 4) is 0 Å². The normalized spacial score (nSPS) is 22.1. The lowest BCUT2D eigenvalue weighted by atomic mass is 9.95. The van der Waals surface area contributed by atoms with Crippen LogP contribution in [0.4, 0.5) is 0 Å². The maximum absolute atomic E-state index is 12.8. The van der Waals surface area contributed by atoms with Crippen LogP contribution in [-0.2, 0) is 11.3 Å². The molecular weight excluding hydrogens is 461 g/mol. The molecule has 0 bridgehead atoms. The van der Waals surface area contributed by atoms with Crippen LogP contribution >= 0.6 is 25.8 Å². The maximum Gasteiger partial charge on any atom is 0.274 e. The summed E-state index contributed by atoms with van der Waals surface area (Å²) in [5.41, 5.74) is 1.54. The summed E-state index contributed by atoms with van der Waals surface area (Å²) in [6, 6.07) is 1.83. The van der Waals surface area contributed by atoms with Crippen LogP contribution < -0.4 is 5.56 Å². The van der Waals surface area contributed by atoms with E-state index in [1.54, 1.807) is 18.6 Å². The molecule has 3 aromatic heterocycles. The zero-order valence-corrected chi connectivity index (χ0v) is 21.6. The molecule has 11 heteroatoms. The van der Waals surface area contributed by atoms with Crippen molar-refractivity contribution in [2.75, 3.05) is 26.3 Å². The van der Waals surface area contributed by atoms with E-state index in [9.17, 15) is 4.79 Å². The molecule has 3 aromatic rings. The van der Waals surface area contributed by atoms with Crippen LogP contribution in [0, 0.1) is 5.92 Å². The Bertz CT molecular complexity index is 1070. The molecule has 0 radical (unpaired) electrons. The van der Waals surface area contributed by atoms with Crippen LogP contribution in [0.5, 0.6) is 0 Å². The zero-order chi connectivity index (χ0) is 22.5. The second-order valence-corrected chi connectivity index (χ2v) is 12.7. The van der Waals surface area contributed by atoms with Gasteiger partial charge in [-0.2, -0.15) is 0 Å². The van der Waals surface area contributed by atoms with Gasteiger partial charge in [0.15, 0.2) is 0 Å². The fraction of sp³-hybridized carbons (Fsp3) is 0.524. The van der Waals surface area contributed by atoms with Gasteiger partial charge in [-0.15, -0.1) is 17.9 Å². The maximum atomic E-state index is 12.8. The number of hydrogen-bond donors (Lipinski definition) is 1. The van der Waals surface area contributed by atoms with Crippen molar-refractivity contribution in [2.24, 2.45) is 5.92 Å². The number of aromatic amines is 1. The minimum Gasteiger partial charge on any atom is -0.381 e. The van der Waals surface area contributed by atoms with Gasteiger partial charge in [-0.05, 0) is 24.8 Å². The van der Waals surface area contributed by atoms with Crippen LogP contribution in [0.1, 0.15) is 48.9 Å². The summed E-state index contributed by atoms with van der Waals surface area (Å²) < 4.78 is 7.51. The quantitative estimate of drug-likeness (QED) is 0.563. The van der Waals surface area contributed by atoms with Crippen LogP contribution in [0.15, 0.2) is 35.6 Å². The Morgan fingerprint density at radius 3 is 2.62 bits per heavy atom. The second kappa shape index (κ2) is 11.2. The first-order valence-electron chi connectivity index (χ1n) is 10.9. The highest BCUT2D eigenvalue weighted by molar-refractivity contribution is 8.33. The zero-order valence-electron chi connectivity index (χ0n) is 18.3. The summed E-state index contributed by atoms with van der Waals surface area (Å²) >= 11 is 0. The highest BCUT2D eigenvalue weighted by Crippen LogP contribution is 2.32. The van der Waals surface area contributed by atoms with E-state index in [4.69, 9.17) is 4.74 Å². The number of nitrogens with zero attached hydrogens (tertiary/aromatic N) is 5. The van der Waals surface area contributed by atoms with Crippen molar-refractivity contribution in [2.45, 2.75) is 38.1 Å². The lowest BCUT2D eigenvalue weighted by Crippen LogP contribution is -2.22. The molecule has 2 saturated heterocycles. The van der Waals surface area contributed by atoms with E-state index in [-0.39, 0.29) is 11.5 Å². The van der Waals surface area contributed by atoms with Gasteiger partial charge in [-0.3, -0.25) is 14.1 Å². The smallest absolute Gasteiger partial charge is 0.274 e. The highest BCUT2D eigenvalue weighted by atomic mass is 32.4. The van der Waals surface area contributed by atoms with Crippen molar-refractivity contribution in [3.05, 3.63) is 58.6 Å². The molecule has 0 spiro atoms. The number of aromatic nitrogens is 5. The van der Waals surface area contributed by atoms with Gasteiger partial charge in [0.25, 0.3) is 5.56 Å². The standard InChI is InChI=1S/C21H26N6O2.H5P3/c1-14-10-26(13-19-22-5-2-6-23-19)11-16(14)17-12-27-18(21(28)25-17)9-24-20(27)15-3-7-29-8-4-15;1-3-2/h2,5-6,9,12,14-16H,3-4,7-8,10-11,13H2,1H3,(H,25,28);3H,1-2H2/t14-,16-;/m1./s1. The number of fused-ring (bicyclic) bond motifs is 1. The van der Waals surface area contributed by atoms with E-state index in [0.29, 0.717) is 17.4 Å². The SMILES string of the molecule is C[C@@H]1CN(Cc2ncccn2)C[C@H]1c1cn2c(C3CCOCC3)ncc2c(=O)[nH]1.PPP. The first-order chi connectivity index (χ1) is 15.6. The van der Waals surface area contributed by atoms with E-state index in [2.05, 4.69) is 55.8 Å². The monoisotopic (exact) mass is 492 g/mol. The van der Waals surface area contributed by atoms with Gasteiger partial charge < -0.3 is 9.72 Å². The van der Waals surface area contributed by atoms with Crippen molar-refractivity contribution in [1.82, 2.24) is 29.2 Å². The summed E-state index contributed by atoms with van der Waals surface area (Å²) in [7, 11) is 6.06. The largest absolute Gasteiger partial charge is 0.381 e. The minimum absolute atomic E-state index is 0.0645. The molecule has 0 amide bonds. The minimum atomic E-state index is -0.0645. The fourth-order valence-electron chi connectivity index (χ4n) is 4.70. The molecule has 172 valence electrons. The van der Waals surface area contributed by atoms with Crippen LogP contribution in [-0.4, -0.2) is 55.5 Å². The summed E-state index contributed by atoms with van der Waals surface area (Å²) in [5, 5.41) is 0. The summed E-state index contributed by atoms with van der Waals surface area (Å²) in [6.07, 6.45) is 9.25. The van der Waals surface area contributed by atoms with Gasteiger partial charge in [0, 0.05) is 62.4 Å². The average molecular weight is 492 g/mol. The Balaban J connectivity index is 0.000000775. The third kappa shape index (κ3) is 5.43. The third-order valence-electron chi connectivity index (χ3n) is 6.24. The van der Waals surface area contributed by atoms with E-state index in [1.807, 2.05) is 10.5 Å². The van der Waals surface area contributed by atoms with E-state index < -0.39 is 0 Å². The van der Waals surface area contributed by atoms with Gasteiger partial charge in [0.1, 0.15) is 17.2 Å². The van der Waals surface area contributed by atoms with E-state index >= 15 is 0 Å². The fourth-order valence-corrected chi connectivity index (χ4v) is 4.70. The molecule has 2 unspecified atom stereocenters. The third-order valence-corrected chi connectivity index (χ3v) is 6.24. The van der Waals surface area contributed by atoms with Gasteiger partial charge >= 0.3 is 0 Å². The average Bonchev–Trinajstić information content (AvgIpc) is 3.39. The van der Waals surface area contributed by atoms with Crippen LogP contribution in [0.2, 0.25) is 0 Å². The Labute approximate surface area is 194 Å². The molecule has 1 N–H and O–H groups in total. The van der Waals surface area contributed by atoms with Crippen molar-refractivity contribution >= 4 is 31.3 Å². The molecule has 2 aliphatic rings. The predicted molar refractivity (Wildman–Crippen MR) is 136 cm³/mol. The molecular formula is C21H31N6O2P3. The Kier molecular flexibility index (Phi) is 8.37. The predicted octanol–water partition coefficient (Wildman–Crippen LogP) is 3.19. The van der Waals surface area contributed by atoms with Crippen LogP contribution in [0.25, 0.3) is 5.52 Å².